The van der Waals surface area contributed by atoms with Crippen molar-refractivity contribution in [3.63, 3.8) is 0 Å². The number of anilines is 1. The smallest absolute Gasteiger partial charge is 0.263 e. The molecule has 0 radical (unpaired) electrons. The van der Waals surface area contributed by atoms with Gasteiger partial charge in [-0.3, -0.25) is 4.72 Å². The Morgan fingerprint density at radius 1 is 1.00 bits per heavy atom. The number of para-hydroxylation sites is 1. The highest BCUT2D eigenvalue weighted by Crippen LogP contribution is 2.33. The second kappa shape index (κ2) is 7.75. The molecule has 0 spiro atoms. The zero-order chi connectivity index (χ0) is 17.0. The molecular weight excluding hydrogens is 377 g/mol. The Morgan fingerprint density at radius 2 is 1.65 bits per heavy atom. The molecule has 0 amide bonds. The van der Waals surface area contributed by atoms with Crippen molar-refractivity contribution in [3.8, 4) is 0 Å². The third kappa shape index (κ3) is 4.54. The van der Waals surface area contributed by atoms with E-state index in [9.17, 15) is 8.42 Å². The summed E-state index contributed by atoms with van der Waals surface area (Å²) in [5.74, 6) is 0. The first-order valence-electron chi connectivity index (χ1n) is 7.10. The summed E-state index contributed by atoms with van der Waals surface area (Å²) >= 11 is 17.8. The quantitative estimate of drug-likeness (QED) is 0.632. The number of hydrogen-bond acceptors (Lipinski definition) is 2. The minimum Gasteiger partial charge on any atom is -0.279 e. The van der Waals surface area contributed by atoms with Crippen LogP contribution in [-0.2, 0) is 16.4 Å². The number of unbranched alkanes of at least 4 members (excludes halogenated alkanes) is 1. The van der Waals surface area contributed by atoms with Gasteiger partial charge >= 0.3 is 0 Å². The van der Waals surface area contributed by atoms with Crippen LogP contribution in [0.1, 0.15) is 25.3 Å². The van der Waals surface area contributed by atoms with Crippen LogP contribution >= 0.6 is 34.8 Å². The Labute approximate surface area is 151 Å². The predicted molar refractivity (Wildman–Crippen MR) is 97.3 cm³/mol. The van der Waals surface area contributed by atoms with Crippen LogP contribution in [0.3, 0.4) is 0 Å². The van der Waals surface area contributed by atoms with Crippen LogP contribution in [0.15, 0.2) is 41.3 Å². The van der Waals surface area contributed by atoms with Gasteiger partial charge in [0.1, 0.15) is 4.90 Å². The normalized spacial score (nSPS) is 11.5. The number of aryl methyl sites for hydroxylation is 1. The molecule has 0 aromatic heterocycles. The van der Waals surface area contributed by atoms with E-state index in [4.69, 9.17) is 34.8 Å². The molecule has 124 valence electrons. The molecule has 0 heterocycles. The van der Waals surface area contributed by atoms with Crippen LogP contribution in [0.2, 0.25) is 15.1 Å². The van der Waals surface area contributed by atoms with Crippen molar-refractivity contribution in [1.29, 1.82) is 0 Å². The molecule has 0 aliphatic heterocycles. The summed E-state index contributed by atoms with van der Waals surface area (Å²) in [7, 11) is -3.86. The van der Waals surface area contributed by atoms with Crippen LogP contribution in [0.4, 0.5) is 5.69 Å². The van der Waals surface area contributed by atoms with Gasteiger partial charge in [-0.1, -0.05) is 66.3 Å². The number of sulfonamides is 1. The molecule has 2 aromatic rings. The first kappa shape index (κ1) is 18.4. The number of rotatable bonds is 6. The fraction of sp³-hybridized carbons (Fsp3) is 0.250. The van der Waals surface area contributed by atoms with Crippen molar-refractivity contribution in [2.24, 2.45) is 0 Å². The molecule has 0 bridgehead atoms. The summed E-state index contributed by atoms with van der Waals surface area (Å²) in [4.78, 5) is -0.0983. The molecule has 1 N–H and O–H groups in total. The third-order valence-electron chi connectivity index (χ3n) is 3.33. The summed E-state index contributed by atoms with van der Waals surface area (Å²) in [5.41, 5.74) is 1.48. The molecular formula is C16H16Cl3NO2S. The molecule has 0 unspecified atom stereocenters. The van der Waals surface area contributed by atoms with E-state index >= 15 is 0 Å². The maximum atomic E-state index is 12.6. The standard InChI is InChI=1S/C16H16Cl3NO2S/c1-2-3-6-11-7-4-5-8-15(11)20-23(21,22)16-10-13(18)12(17)9-14(16)19/h4-5,7-10,20H,2-3,6H2,1H3. The molecule has 23 heavy (non-hydrogen) atoms. The van der Waals surface area contributed by atoms with Gasteiger partial charge in [-0.05, 0) is 36.6 Å². The van der Waals surface area contributed by atoms with Gasteiger partial charge in [0.15, 0.2) is 0 Å². The minimum atomic E-state index is -3.86. The highest BCUT2D eigenvalue weighted by molar-refractivity contribution is 7.92. The lowest BCUT2D eigenvalue weighted by molar-refractivity contribution is 0.601. The topological polar surface area (TPSA) is 46.2 Å². The SMILES string of the molecule is CCCCc1ccccc1NS(=O)(=O)c1cc(Cl)c(Cl)cc1Cl. The Hall–Kier alpha value is -0.940. The second-order valence-corrected chi connectivity index (χ2v) is 7.94. The molecule has 2 rings (SSSR count). The minimum absolute atomic E-state index is 0.0259. The molecule has 3 nitrogen and oxygen atoms in total. The van der Waals surface area contributed by atoms with Gasteiger partial charge in [0.25, 0.3) is 10.0 Å². The van der Waals surface area contributed by atoms with Gasteiger partial charge in [-0.15, -0.1) is 0 Å². The van der Waals surface area contributed by atoms with E-state index in [0.29, 0.717) is 5.69 Å². The summed E-state index contributed by atoms with van der Waals surface area (Å²) in [5, 5.41) is 0.368. The van der Waals surface area contributed by atoms with Gasteiger partial charge in [0.2, 0.25) is 0 Å². The van der Waals surface area contributed by atoms with E-state index in [2.05, 4.69) is 11.6 Å². The van der Waals surface area contributed by atoms with Crippen molar-refractivity contribution in [1.82, 2.24) is 0 Å². The van der Waals surface area contributed by atoms with Crippen LogP contribution in [0, 0.1) is 0 Å². The molecule has 0 saturated heterocycles. The van der Waals surface area contributed by atoms with Crippen LogP contribution < -0.4 is 4.72 Å². The molecule has 0 aliphatic rings. The monoisotopic (exact) mass is 391 g/mol. The average molecular weight is 393 g/mol. The molecule has 0 aliphatic carbocycles. The molecule has 0 atom stereocenters. The van der Waals surface area contributed by atoms with Crippen molar-refractivity contribution >= 4 is 50.5 Å². The fourth-order valence-electron chi connectivity index (χ4n) is 2.12. The van der Waals surface area contributed by atoms with Crippen molar-refractivity contribution in [2.75, 3.05) is 4.72 Å². The zero-order valence-corrected chi connectivity index (χ0v) is 15.5. The van der Waals surface area contributed by atoms with Gasteiger partial charge in [-0.2, -0.15) is 0 Å². The Kier molecular flexibility index (Phi) is 6.20. The lowest BCUT2D eigenvalue weighted by Crippen LogP contribution is -2.15. The Morgan fingerprint density at radius 3 is 2.35 bits per heavy atom. The van der Waals surface area contributed by atoms with Gasteiger partial charge in [-0.25, -0.2) is 8.42 Å². The van der Waals surface area contributed by atoms with E-state index in [-0.39, 0.29) is 20.0 Å². The number of benzene rings is 2. The molecule has 0 fully saturated rings. The zero-order valence-electron chi connectivity index (χ0n) is 12.4. The van der Waals surface area contributed by atoms with Gasteiger partial charge < -0.3 is 0 Å². The van der Waals surface area contributed by atoms with E-state index in [1.165, 1.54) is 12.1 Å². The number of nitrogens with one attached hydrogen (secondary N) is 1. The summed E-state index contributed by atoms with van der Waals surface area (Å²) in [6, 6.07) is 9.88. The fourth-order valence-corrected chi connectivity index (χ4v) is 4.22. The molecule has 2 aromatic carbocycles. The number of halogens is 3. The summed E-state index contributed by atoms with van der Waals surface area (Å²) < 4.78 is 27.8. The maximum absolute atomic E-state index is 12.6. The van der Waals surface area contributed by atoms with Crippen LogP contribution in [-0.4, -0.2) is 8.42 Å². The van der Waals surface area contributed by atoms with Gasteiger partial charge in [0.05, 0.1) is 20.8 Å². The Bertz CT molecular complexity index is 807. The maximum Gasteiger partial charge on any atom is 0.263 e. The van der Waals surface area contributed by atoms with E-state index in [0.717, 1.165) is 24.8 Å². The first-order valence-corrected chi connectivity index (χ1v) is 9.72. The highest BCUT2D eigenvalue weighted by atomic mass is 35.5. The van der Waals surface area contributed by atoms with Crippen LogP contribution in [0.5, 0.6) is 0 Å². The number of hydrogen-bond donors (Lipinski definition) is 1. The molecule has 0 saturated carbocycles. The predicted octanol–water partition coefficient (Wildman–Crippen LogP) is 5.79. The van der Waals surface area contributed by atoms with E-state index < -0.39 is 10.0 Å². The van der Waals surface area contributed by atoms with Crippen LogP contribution in [0.25, 0.3) is 0 Å². The summed E-state index contributed by atoms with van der Waals surface area (Å²) in [6.45, 7) is 2.09. The van der Waals surface area contributed by atoms with Gasteiger partial charge in [0, 0.05) is 0 Å². The second-order valence-electron chi connectivity index (χ2n) is 5.06. The first-order chi connectivity index (χ1) is 10.8. The lowest BCUT2D eigenvalue weighted by atomic mass is 10.1. The Balaban J connectivity index is 2.38. The average Bonchev–Trinajstić information content (AvgIpc) is 2.49. The van der Waals surface area contributed by atoms with Crippen molar-refractivity contribution < 1.29 is 8.42 Å². The van der Waals surface area contributed by atoms with Crippen molar-refractivity contribution in [3.05, 3.63) is 57.0 Å². The largest absolute Gasteiger partial charge is 0.279 e. The lowest BCUT2D eigenvalue weighted by Gasteiger charge is -2.14. The molecule has 7 heteroatoms. The van der Waals surface area contributed by atoms with Crippen molar-refractivity contribution in [2.45, 2.75) is 31.1 Å². The highest BCUT2D eigenvalue weighted by Gasteiger charge is 2.21. The summed E-state index contributed by atoms with van der Waals surface area (Å²) in [6.07, 6.45) is 2.80. The third-order valence-corrected chi connectivity index (χ3v) is 5.88. The van der Waals surface area contributed by atoms with E-state index in [1.807, 2.05) is 12.1 Å². The van der Waals surface area contributed by atoms with E-state index in [1.54, 1.807) is 12.1 Å².